The lowest BCUT2D eigenvalue weighted by Gasteiger charge is -2.16. The first-order chi connectivity index (χ1) is 21.4. The fourth-order valence-electron chi connectivity index (χ4n) is 5.28. The predicted octanol–water partition coefficient (Wildman–Crippen LogP) is 5.39. The summed E-state index contributed by atoms with van der Waals surface area (Å²) in [6.07, 6.45) is 1.85. The van der Waals surface area contributed by atoms with Crippen molar-refractivity contribution in [3.05, 3.63) is 65.9 Å². The maximum atomic E-state index is 12.2. The Morgan fingerprint density at radius 2 is 1.57 bits per heavy atom. The first kappa shape index (κ1) is 30.0. The minimum absolute atomic E-state index is 0.153. The number of hydrogen-bond donors (Lipinski definition) is 2. The van der Waals surface area contributed by atoms with Crippen LogP contribution in [0.15, 0.2) is 54.6 Å². The van der Waals surface area contributed by atoms with Crippen LogP contribution in [-0.4, -0.2) is 66.1 Å². The SMILES string of the molecule is COc1cc2c(-c3ccc(O)cc3)nc3n[nH]c(CN4CCCC4=O)c3c2cc1OC.COc1ccc(CC#N)cc1OC. The van der Waals surface area contributed by atoms with E-state index in [9.17, 15) is 9.90 Å². The third kappa shape index (κ3) is 6.01. The van der Waals surface area contributed by atoms with Crippen molar-refractivity contribution in [1.29, 1.82) is 5.26 Å². The molecular formula is C33H33N5O6. The number of likely N-dealkylation sites (tertiary alicyclic amines) is 1. The minimum atomic E-state index is 0.153. The summed E-state index contributed by atoms with van der Waals surface area (Å²) in [4.78, 5) is 18.8. The number of carbonyl (C=O) groups is 1. The number of carbonyl (C=O) groups excluding carboxylic acids is 1. The number of pyridine rings is 1. The summed E-state index contributed by atoms with van der Waals surface area (Å²) in [7, 11) is 6.36. The van der Waals surface area contributed by atoms with Crippen LogP contribution in [0.25, 0.3) is 33.1 Å². The monoisotopic (exact) mass is 595 g/mol. The molecule has 0 saturated carbocycles. The molecule has 1 amide bonds. The Labute approximate surface area is 254 Å². The fourth-order valence-corrected chi connectivity index (χ4v) is 5.28. The molecule has 0 atom stereocenters. The average Bonchev–Trinajstić information content (AvgIpc) is 3.66. The molecule has 0 bridgehead atoms. The molecule has 1 fully saturated rings. The number of nitriles is 1. The molecule has 5 aromatic rings. The van der Waals surface area contributed by atoms with Crippen LogP contribution in [0.5, 0.6) is 28.7 Å². The van der Waals surface area contributed by atoms with Gasteiger partial charge in [-0.25, -0.2) is 4.98 Å². The van der Waals surface area contributed by atoms with Gasteiger partial charge < -0.3 is 29.0 Å². The Bertz CT molecular complexity index is 1840. The lowest BCUT2D eigenvalue weighted by Crippen LogP contribution is -2.24. The second-order valence-electron chi connectivity index (χ2n) is 10.1. The summed E-state index contributed by atoms with van der Waals surface area (Å²) in [5.74, 6) is 2.88. The van der Waals surface area contributed by atoms with E-state index in [1.165, 1.54) is 0 Å². The number of phenolic OH excluding ortho intramolecular Hbond substituents is 1. The van der Waals surface area contributed by atoms with Gasteiger partial charge in [0.2, 0.25) is 5.91 Å². The zero-order valence-electron chi connectivity index (χ0n) is 25.0. The highest BCUT2D eigenvalue weighted by Crippen LogP contribution is 2.40. The normalized spacial score (nSPS) is 12.5. The van der Waals surface area contributed by atoms with Gasteiger partial charge in [-0.1, -0.05) is 6.07 Å². The quantitative estimate of drug-likeness (QED) is 0.241. The lowest BCUT2D eigenvalue weighted by atomic mass is 10.00. The van der Waals surface area contributed by atoms with E-state index in [2.05, 4.69) is 16.3 Å². The second kappa shape index (κ2) is 13.2. The minimum Gasteiger partial charge on any atom is -0.508 e. The van der Waals surface area contributed by atoms with Gasteiger partial charge in [0.1, 0.15) is 5.75 Å². The van der Waals surface area contributed by atoms with Crippen molar-refractivity contribution < 1.29 is 28.8 Å². The smallest absolute Gasteiger partial charge is 0.222 e. The molecule has 0 radical (unpaired) electrons. The van der Waals surface area contributed by atoms with Gasteiger partial charge in [-0.15, -0.1) is 0 Å². The van der Waals surface area contributed by atoms with Crippen molar-refractivity contribution >= 4 is 27.7 Å². The van der Waals surface area contributed by atoms with Gasteiger partial charge in [0.15, 0.2) is 28.6 Å². The lowest BCUT2D eigenvalue weighted by molar-refractivity contribution is -0.128. The second-order valence-corrected chi connectivity index (χ2v) is 10.1. The van der Waals surface area contributed by atoms with E-state index in [4.69, 9.17) is 29.2 Å². The molecule has 3 heterocycles. The Morgan fingerprint density at radius 1 is 0.909 bits per heavy atom. The van der Waals surface area contributed by atoms with Crippen molar-refractivity contribution in [2.45, 2.75) is 25.8 Å². The molecule has 1 aliphatic rings. The number of benzene rings is 3. The number of ether oxygens (including phenoxy) is 4. The van der Waals surface area contributed by atoms with Crippen LogP contribution in [0.4, 0.5) is 0 Å². The van der Waals surface area contributed by atoms with Crippen molar-refractivity contribution in [3.63, 3.8) is 0 Å². The van der Waals surface area contributed by atoms with Crippen molar-refractivity contribution in [1.82, 2.24) is 20.1 Å². The number of nitrogens with one attached hydrogen (secondary N) is 1. The molecule has 1 aliphatic heterocycles. The summed E-state index contributed by atoms with van der Waals surface area (Å²) in [5.41, 5.74) is 3.90. The van der Waals surface area contributed by atoms with E-state index in [-0.39, 0.29) is 11.7 Å². The largest absolute Gasteiger partial charge is 0.508 e. The summed E-state index contributed by atoms with van der Waals surface area (Å²) in [6, 6.07) is 18.2. The standard InChI is InChI=1S/C23H22N4O4.C10H11NO2/c1-30-18-10-15-16(11-19(18)31-2)22(13-5-7-14(28)8-6-13)24-23-21(15)17(25-26-23)12-27-9-3-4-20(27)29;1-12-9-4-3-8(5-6-11)7-10(9)13-2/h5-8,10-11,28H,3-4,9,12H2,1-2H3,(H,24,25,26);3-4,7H,5H2,1-2H3. The molecule has 2 N–H and O–H groups in total. The van der Waals surface area contributed by atoms with Gasteiger partial charge in [-0.2, -0.15) is 10.4 Å². The predicted molar refractivity (Wildman–Crippen MR) is 165 cm³/mol. The fraction of sp³-hybridized carbons (Fsp3) is 0.273. The molecule has 0 spiro atoms. The molecule has 2 aromatic heterocycles. The summed E-state index contributed by atoms with van der Waals surface area (Å²) in [5, 5.41) is 28.3. The number of methoxy groups -OCH3 is 4. The number of hydrogen-bond acceptors (Lipinski definition) is 9. The van der Waals surface area contributed by atoms with Gasteiger partial charge >= 0.3 is 0 Å². The van der Waals surface area contributed by atoms with Crippen LogP contribution >= 0.6 is 0 Å². The summed E-state index contributed by atoms with van der Waals surface area (Å²) < 4.78 is 21.2. The van der Waals surface area contributed by atoms with E-state index in [1.807, 2.05) is 41.3 Å². The van der Waals surface area contributed by atoms with Gasteiger partial charge in [-0.05, 0) is 60.5 Å². The van der Waals surface area contributed by atoms with E-state index in [0.717, 1.165) is 51.6 Å². The highest BCUT2D eigenvalue weighted by atomic mass is 16.5. The molecular weight excluding hydrogens is 562 g/mol. The molecule has 11 heteroatoms. The van der Waals surface area contributed by atoms with Gasteiger partial charge in [0.05, 0.1) is 64.2 Å². The number of amides is 1. The zero-order valence-corrected chi connectivity index (χ0v) is 25.0. The number of aromatic hydroxyl groups is 1. The molecule has 3 aromatic carbocycles. The summed E-state index contributed by atoms with van der Waals surface area (Å²) in [6.45, 7) is 1.20. The Hall–Kier alpha value is -5.50. The van der Waals surface area contributed by atoms with Crippen LogP contribution in [0, 0.1) is 11.3 Å². The number of aromatic nitrogens is 3. The third-order valence-electron chi connectivity index (χ3n) is 7.48. The number of phenols is 1. The number of H-pyrrole nitrogens is 1. The number of fused-ring (bicyclic) bond motifs is 3. The maximum absolute atomic E-state index is 12.2. The zero-order chi connectivity index (χ0) is 31.2. The first-order valence-electron chi connectivity index (χ1n) is 14.0. The van der Waals surface area contributed by atoms with Gasteiger partial charge in [-0.3, -0.25) is 9.89 Å². The number of aromatic amines is 1. The average molecular weight is 596 g/mol. The van der Waals surface area contributed by atoms with E-state index >= 15 is 0 Å². The molecule has 44 heavy (non-hydrogen) atoms. The highest BCUT2D eigenvalue weighted by molar-refractivity contribution is 6.12. The molecule has 6 rings (SSSR count). The first-order valence-corrected chi connectivity index (χ1v) is 14.0. The Kier molecular flexibility index (Phi) is 9.00. The van der Waals surface area contributed by atoms with Crippen LogP contribution in [0.3, 0.4) is 0 Å². The van der Waals surface area contributed by atoms with Crippen molar-refractivity contribution in [2.75, 3.05) is 35.0 Å². The van der Waals surface area contributed by atoms with Crippen LogP contribution < -0.4 is 18.9 Å². The molecule has 1 saturated heterocycles. The number of nitrogens with zero attached hydrogens (tertiary/aromatic N) is 4. The van der Waals surface area contributed by atoms with Crippen LogP contribution in [0.1, 0.15) is 24.1 Å². The van der Waals surface area contributed by atoms with Crippen molar-refractivity contribution in [3.8, 4) is 46.1 Å². The topological polar surface area (TPSA) is 143 Å². The van der Waals surface area contributed by atoms with E-state index in [0.29, 0.717) is 48.0 Å². The molecule has 226 valence electrons. The van der Waals surface area contributed by atoms with Crippen LogP contribution in [-0.2, 0) is 17.8 Å². The number of rotatable bonds is 8. The van der Waals surface area contributed by atoms with E-state index in [1.54, 1.807) is 46.6 Å². The highest BCUT2D eigenvalue weighted by Gasteiger charge is 2.24. The molecule has 0 aliphatic carbocycles. The van der Waals surface area contributed by atoms with E-state index < -0.39 is 0 Å². The summed E-state index contributed by atoms with van der Waals surface area (Å²) >= 11 is 0. The molecule has 11 nitrogen and oxygen atoms in total. The Balaban J connectivity index is 0.000000249. The molecule has 0 unspecified atom stereocenters. The maximum Gasteiger partial charge on any atom is 0.222 e. The van der Waals surface area contributed by atoms with Crippen molar-refractivity contribution in [2.24, 2.45) is 0 Å². The van der Waals surface area contributed by atoms with Gasteiger partial charge in [0, 0.05) is 29.3 Å². The Morgan fingerprint density at radius 3 is 2.18 bits per heavy atom. The third-order valence-corrected chi connectivity index (χ3v) is 7.48. The van der Waals surface area contributed by atoms with Gasteiger partial charge in [0.25, 0.3) is 0 Å². The van der Waals surface area contributed by atoms with Crippen LogP contribution in [0.2, 0.25) is 0 Å².